The number of hydrogen-bond acceptors (Lipinski definition) is 5. The number of carbonyl (C=O) groups excluding carboxylic acids is 1. The first-order chi connectivity index (χ1) is 11.8. The summed E-state index contributed by atoms with van der Waals surface area (Å²) >= 11 is 0. The molecular weight excluding hydrogens is 328 g/mol. The second kappa shape index (κ2) is 5.89. The van der Waals surface area contributed by atoms with Crippen LogP contribution in [0.2, 0.25) is 0 Å². The lowest BCUT2D eigenvalue weighted by atomic mass is 10.3. The number of amides is 1. The number of carbonyl (C=O) groups is 1. The van der Waals surface area contributed by atoms with E-state index in [1.54, 1.807) is 14.0 Å². The topological polar surface area (TPSA) is 124 Å². The second-order valence-electron chi connectivity index (χ2n) is 5.71. The summed E-state index contributed by atoms with van der Waals surface area (Å²) in [5.74, 6) is -0.563. The minimum Gasteiger partial charge on any atom is -0.328 e. The minimum atomic E-state index is -0.635. The molecule has 0 aromatic carbocycles. The van der Waals surface area contributed by atoms with Crippen LogP contribution < -0.4 is 22.1 Å². The van der Waals surface area contributed by atoms with Crippen LogP contribution in [0, 0.1) is 6.92 Å². The number of nitrogens with one attached hydrogen (secondary N) is 2. The van der Waals surface area contributed by atoms with Crippen molar-refractivity contribution in [1.29, 1.82) is 0 Å². The number of pyridine rings is 1. The zero-order valence-corrected chi connectivity index (χ0v) is 13.9. The molecule has 0 aliphatic heterocycles. The molecule has 25 heavy (non-hydrogen) atoms. The van der Waals surface area contributed by atoms with Gasteiger partial charge in [-0.3, -0.25) is 19.0 Å². The van der Waals surface area contributed by atoms with E-state index in [-0.39, 0.29) is 16.7 Å². The van der Waals surface area contributed by atoms with Crippen LogP contribution in [0.1, 0.15) is 5.56 Å². The van der Waals surface area contributed by atoms with Gasteiger partial charge in [0.05, 0.1) is 12.0 Å². The van der Waals surface area contributed by atoms with Gasteiger partial charge in [0.25, 0.3) is 11.1 Å². The van der Waals surface area contributed by atoms with Crippen molar-refractivity contribution in [1.82, 2.24) is 23.7 Å². The zero-order valence-electron chi connectivity index (χ0n) is 13.9. The van der Waals surface area contributed by atoms with Gasteiger partial charge < -0.3 is 14.9 Å². The summed E-state index contributed by atoms with van der Waals surface area (Å²) in [7, 11) is 3.12. The maximum atomic E-state index is 12.5. The molecule has 1 amide bonds. The summed E-state index contributed by atoms with van der Waals surface area (Å²) in [6.45, 7) is 1.15. The second-order valence-corrected chi connectivity index (χ2v) is 5.71. The highest BCUT2D eigenvalue weighted by molar-refractivity contribution is 5.90. The van der Waals surface area contributed by atoms with E-state index in [2.05, 4.69) is 15.3 Å². The number of aromatic nitrogens is 5. The fourth-order valence-corrected chi connectivity index (χ4v) is 2.55. The molecule has 0 unspecified atom stereocenters. The highest BCUT2D eigenvalue weighted by Crippen LogP contribution is 2.05. The SMILES string of the molecule is Cc1cc(NC(=O)Cn2c(=O)c3c(ncn3C)n(C)c2=O)c[nH]c1=O. The Morgan fingerprint density at radius 2 is 2.00 bits per heavy atom. The molecule has 130 valence electrons. The standard InChI is InChI=1S/C15H16N6O4/c1-8-4-9(5-16-13(8)23)18-10(22)6-21-14(24)11-12(17-7-19(11)2)20(3)15(21)25/h4-5,7H,6H2,1-3H3,(H,16,23)(H,18,22). The number of hydrogen-bond donors (Lipinski definition) is 2. The Morgan fingerprint density at radius 1 is 1.28 bits per heavy atom. The van der Waals surface area contributed by atoms with Crippen molar-refractivity contribution in [3.05, 3.63) is 55.3 Å². The Labute approximate surface area is 140 Å². The molecular formula is C15H16N6O4. The van der Waals surface area contributed by atoms with E-state index in [0.717, 1.165) is 4.57 Å². The van der Waals surface area contributed by atoms with Crippen LogP contribution in [0.15, 0.2) is 33.0 Å². The summed E-state index contributed by atoms with van der Waals surface area (Å²) in [5, 5.41) is 2.55. The van der Waals surface area contributed by atoms with Gasteiger partial charge in [0.15, 0.2) is 11.2 Å². The van der Waals surface area contributed by atoms with E-state index in [9.17, 15) is 19.2 Å². The fourth-order valence-electron chi connectivity index (χ4n) is 2.55. The van der Waals surface area contributed by atoms with E-state index in [1.807, 2.05) is 0 Å². The Bertz CT molecular complexity index is 1160. The summed E-state index contributed by atoms with van der Waals surface area (Å²) in [6.07, 6.45) is 2.78. The monoisotopic (exact) mass is 344 g/mol. The fraction of sp³-hybridized carbons (Fsp3) is 0.267. The molecule has 0 saturated heterocycles. The van der Waals surface area contributed by atoms with E-state index in [0.29, 0.717) is 11.3 Å². The Kier molecular flexibility index (Phi) is 3.87. The maximum Gasteiger partial charge on any atom is 0.332 e. The molecule has 0 bridgehead atoms. The average Bonchev–Trinajstić information content (AvgIpc) is 2.95. The van der Waals surface area contributed by atoms with Crippen molar-refractivity contribution in [2.45, 2.75) is 13.5 Å². The highest BCUT2D eigenvalue weighted by atomic mass is 16.2. The predicted octanol–water partition coefficient (Wildman–Crippen LogP) is -0.931. The van der Waals surface area contributed by atoms with Crippen LogP contribution in [0.4, 0.5) is 5.69 Å². The third-order valence-corrected chi connectivity index (χ3v) is 3.88. The van der Waals surface area contributed by atoms with Crippen LogP contribution in [0.5, 0.6) is 0 Å². The summed E-state index contributed by atoms with van der Waals surface area (Å²) in [5.41, 5.74) is -0.199. The van der Waals surface area contributed by atoms with Crippen LogP contribution in [0.3, 0.4) is 0 Å². The number of H-pyrrole nitrogens is 1. The lowest BCUT2D eigenvalue weighted by Crippen LogP contribution is -2.42. The molecule has 0 atom stereocenters. The van der Waals surface area contributed by atoms with E-state index in [1.165, 1.54) is 34.8 Å². The van der Waals surface area contributed by atoms with Gasteiger partial charge in [-0.15, -0.1) is 0 Å². The average molecular weight is 344 g/mol. The minimum absolute atomic E-state index is 0.231. The number of fused-ring (bicyclic) bond motifs is 1. The molecule has 2 N–H and O–H groups in total. The molecule has 0 spiro atoms. The van der Waals surface area contributed by atoms with Crippen molar-refractivity contribution < 1.29 is 4.79 Å². The van der Waals surface area contributed by atoms with Crippen molar-refractivity contribution in [2.24, 2.45) is 14.1 Å². The van der Waals surface area contributed by atoms with Crippen LogP contribution in [-0.2, 0) is 25.4 Å². The predicted molar refractivity (Wildman–Crippen MR) is 90.6 cm³/mol. The summed E-state index contributed by atoms with van der Waals surface area (Å²) in [4.78, 5) is 54.9. The molecule has 10 nitrogen and oxygen atoms in total. The number of aromatic amines is 1. The first-order valence-electron chi connectivity index (χ1n) is 7.39. The van der Waals surface area contributed by atoms with Gasteiger partial charge in [0.1, 0.15) is 6.54 Å². The quantitative estimate of drug-likeness (QED) is 0.635. The van der Waals surface area contributed by atoms with Crippen LogP contribution in [-0.4, -0.2) is 29.6 Å². The third-order valence-electron chi connectivity index (χ3n) is 3.88. The van der Waals surface area contributed by atoms with Crippen molar-refractivity contribution in [3.63, 3.8) is 0 Å². The number of nitrogens with zero attached hydrogens (tertiary/aromatic N) is 4. The third kappa shape index (κ3) is 2.77. The lowest BCUT2D eigenvalue weighted by molar-refractivity contribution is -0.116. The van der Waals surface area contributed by atoms with E-state index >= 15 is 0 Å². The first-order valence-corrected chi connectivity index (χ1v) is 7.39. The number of anilines is 1. The maximum absolute atomic E-state index is 12.5. The molecule has 10 heteroatoms. The molecule has 3 rings (SSSR count). The number of imidazole rings is 1. The van der Waals surface area contributed by atoms with E-state index in [4.69, 9.17) is 0 Å². The van der Waals surface area contributed by atoms with Gasteiger partial charge in [0.2, 0.25) is 5.91 Å². The lowest BCUT2D eigenvalue weighted by Gasteiger charge is -2.09. The van der Waals surface area contributed by atoms with Gasteiger partial charge in [-0.25, -0.2) is 14.3 Å². The molecule has 3 aromatic heterocycles. The van der Waals surface area contributed by atoms with Crippen molar-refractivity contribution >= 4 is 22.8 Å². The molecule has 0 aliphatic carbocycles. The van der Waals surface area contributed by atoms with Gasteiger partial charge in [-0.1, -0.05) is 0 Å². The number of rotatable bonds is 3. The molecule has 3 heterocycles. The van der Waals surface area contributed by atoms with Crippen molar-refractivity contribution in [2.75, 3.05) is 5.32 Å². The van der Waals surface area contributed by atoms with Gasteiger partial charge in [-0.05, 0) is 13.0 Å². The largest absolute Gasteiger partial charge is 0.332 e. The molecule has 0 radical (unpaired) electrons. The first kappa shape index (κ1) is 16.4. The normalized spacial score (nSPS) is 11.0. The molecule has 0 aliphatic rings. The smallest absolute Gasteiger partial charge is 0.328 e. The summed E-state index contributed by atoms with van der Waals surface area (Å²) < 4.78 is 3.56. The Morgan fingerprint density at radius 3 is 2.68 bits per heavy atom. The van der Waals surface area contributed by atoms with Crippen LogP contribution >= 0.6 is 0 Å². The van der Waals surface area contributed by atoms with Gasteiger partial charge in [-0.2, -0.15) is 0 Å². The summed E-state index contributed by atoms with van der Waals surface area (Å²) in [6, 6.07) is 1.50. The van der Waals surface area contributed by atoms with Crippen LogP contribution in [0.25, 0.3) is 11.2 Å². The zero-order chi connectivity index (χ0) is 18.3. The van der Waals surface area contributed by atoms with Crippen molar-refractivity contribution in [3.8, 4) is 0 Å². The molecule has 0 saturated carbocycles. The Hall–Kier alpha value is -3.43. The van der Waals surface area contributed by atoms with Gasteiger partial charge >= 0.3 is 5.69 Å². The highest BCUT2D eigenvalue weighted by Gasteiger charge is 2.17. The molecule has 0 fully saturated rings. The van der Waals surface area contributed by atoms with E-state index < -0.39 is 23.7 Å². The molecule has 3 aromatic rings. The number of aryl methyl sites for hydroxylation is 3. The Balaban J connectivity index is 1.97. The van der Waals surface area contributed by atoms with Gasteiger partial charge in [0, 0.05) is 25.9 Å².